The molecule has 30 heavy (non-hydrogen) atoms. The van der Waals surface area contributed by atoms with Crippen molar-refractivity contribution < 1.29 is 22.5 Å². The number of piperazine rings is 1. The molecule has 9 heteroatoms. The van der Waals surface area contributed by atoms with Crippen LogP contribution in [0.3, 0.4) is 0 Å². The Bertz CT molecular complexity index is 830. The highest BCUT2D eigenvalue weighted by Crippen LogP contribution is 2.29. The van der Waals surface area contributed by atoms with E-state index < -0.39 is 11.7 Å². The highest BCUT2D eigenvalue weighted by atomic mass is 19.4. The van der Waals surface area contributed by atoms with Gasteiger partial charge in [0.15, 0.2) is 5.82 Å². The van der Waals surface area contributed by atoms with E-state index in [1.54, 1.807) is 6.07 Å². The van der Waals surface area contributed by atoms with Crippen LogP contribution in [0, 0.1) is 0 Å². The number of halogens is 3. The van der Waals surface area contributed by atoms with E-state index in [9.17, 15) is 18.0 Å². The molecule has 2 aromatic rings. The van der Waals surface area contributed by atoms with Crippen molar-refractivity contribution >= 4 is 5.91 Å². The molecule has 0 spiro atoms. The Hall–Kier alpha value is -2.42. The van der Waals surface area contributed by atoms with Crippen molar-refractivity contribution in [1.82, 2.24) is 19.9 Å². The smallest absolute Gasteiger partial charge is 0.340 e. The van der Waals surface area contributed by atoms with Gasteiger partial charge in [0.1, 0.15) is 0 Å². The van der Waals surface area contributed by atoms with E-state index in [2.05, 4.69) is 15.0 Å². The third-order valence-electron chi connectivity index (χ3n) is 5.15. The first-order valence-electron chi connectivity index (χ1n) is 10.3. The highest BCUT2D eigenvalue weighted by molar-refractivity contribution is 5.76. The Labute approximate surface area is 174 Å². The van der Waals surface area contributed by atoms with Crippen molar-refractivity contribution in [2.75, 3.05) is 26.2 Å². The largest absolute Gasteiger partial charge is 0.416 e. The second-order valence-electron chi connectivity index (χ2n) is 7.56. The normalized spacial score (nSPS) is 15.5. The summed E-state index contributed by atoms with van der Waals surface area (Å²) < 4.78 is 43.8. The zero-order chi connectivity index (χ0) is 21.6. The summed E-state index contributed by atoms with van der Waals surface area (Å²) in [4.78, 5) is 20.6. The molecule has 164 valence electrons. The average Bonchev–Trinajstić information content (AvgIpc) is 3.16. The Kier molecular flexibility index (Phi) is 7.47. The van der Waals surface area contributed by atoms with Gasteiger partial charge in [0.05, 0.1) is 5.56 Å². The number of aryl methyl sites for hydroxylation is 2. The van der Waals surface area contributed by atoms with Crippen molar-refractivity contribution in [1.29, 1.82) is 0 Å². The van der Waals surface area contributed by atoms with Gasteiger partial charge in [-0.2, -0.15) is 18.2 Å². The maximum absolute atomic E-state index is 12.9. The molecule has 1 fully saturated rings. The third-order valence-corrected chi connectivity index (χ3v) is 5.15. The van der Waals surface area contributed by atoms with E-state index in [-0.39, 0.29) is 5.91 Å². The first-order chi connectivity index (χ1) is 14.3. The number of aromatic nitrogens is 2. The van der Waals surface area contributed by atoms with Gasteiger partial charge < -0.3 is 9.42 Å². The standard InChI is InChI=1S/C21H27F3N4O2/c1-2-5-18-25-19(30-26-18)8-4-9-20(29)28-12-10-27(11-13-28)15-16-6-3-7-17(14-16)21(22,23)24/h3,6-7,14H,2,4-5,8-13,15H2,1H3. The van der Waals surface area contributed by atoms with E-state index in [0.717, 1.165) is 18.9 Å². The summed E-state index contributed by atoms with van der Waals surface area (Å²) in [5.41, 5.74) is 0.00322. The molecular weight excluding hydrogens is 397 g/mol. The van der Waals surface area contributed by atoms with E-state index in [4.69, 9.17) is 4.52 Å². The van der Waals surface area contributed by atoms with Crippen molar-refractivity contribution in [2.45, 2.75) is 51.7 Å². The van der Waals surface area contributed by atoms with Crippen molar-refractivity contribution in [3.8, 4) is 0 Å². The molecule has 0 N–H and O–H groups in total. The average molecular weight is 424 g/mol. The number of alkyl halides is 3. The molecule has 0 unspecified atom stereocenters. The predicted molar refractivity (Wildman–Crippen MR) is 105 cm³/mol. The highest BCUT2D eigenvalue weighted by Gasteiger charge is 2.30. The molecule has 1 amide bonds. The molecule has 1 aromatic heterocycles. The minimum absolute atomic E-state index is 0.0852. The lowest BCUT2D eigenvalue weighted by Gasteiger charge is -2.35. The first kappa shape index (κ1) is 22.3. The number of amides is 1. The fourth-order valence-corrected chi connectivity index (χ4v) is 3.53. The molecule has 2 heterocycles. The Morgan fingerprint density at radius 3 is 2.63 bits per heavy atom. The minimum atomic E-state index is -4.33. The van der Waals surface area contributed by atoms with Crippen LogP contribution in [-0.4, -0.2) is 52.0 Å². The molecule has 0 bridgehead atoms. The number of carbonyl (C=O) groups is 1. The van der Waals surface area contributed by atoms with Crippen molar-refractivity contribution in [3.63, 3.8) is 0 Å². The molecule has 3 rings (SSSR count). The van der Waals surface area contributed by atoms with Gasteiger partial charge in [0.25, 0.3) is 0 Å². The molecule has 0 saturated carbocycles. The van der Waals surface area contributed by atoms with Gasteiger partial charge >= 0.3 is 6.18 Å². The SMILES string of the molecule is CCCc1noc(CCCC(=O)N2CCN(Cc3cccc(C(F)(F)F)c3)CC2)n1. The van der Waals surface area contributed by atoms with Gasteiger partial charge in [-0.3, -0.25) is 9.69 Å². The van der Waals surface area contributed by atoms with Crippen LogP contribution in [0.25, 0.3) is 0 Å². The number of benzene rings is 1. The van der Waals surface area contributed by atoms with Crippen molar-refractivity contribution in [3.05, 3.63) is 47.1 Å². The Balaban J connectivity index is 1.40. The van der Waals surface area contributed by atoms with E-state index in [1.165, 1.54) is 12.1 Å². The molecular formula is C21H27F3N4O2. The van der Waals surface area contributed by atoms with Crippen LogP contribution in [0.5, 0.6) is 0 Å². The number of rotatable bonds is 8. The summed E-state index contributed by atoms with van der Waals surface area (Å²) >= 11 is 0. The lowest BCUT2D eigenvalue weighted by molar-refractivity contribution is -0.137. The lowest BCUT2D eigenvalue weighted by Crippen LogP contribution is -2.48. The first-order valence-corrected chi connectivity index (χ1v) is 10.3. The number of nitrogens with zero attached hydrogens (tertiary/aromatic N) is 4. The van der Waals surface area contributed by atoms with Gasteiger partial charge in [-0.15, -0.1) is 0 Å². The Morgan fingerprint density at radius 1 is 1.17 bits per heavy atom. The van der Waals surface area contributed by atoms with Gasteiger partial charge in [0, 0.05) is 52.0 Å². The summed E-state index contributed by atoms with van der Waals surface area (Å²) in [6, 6.07) is 5.42. The second kappa shape index (κ2) is 10.1. The van der Waals surface area contributed by atoms with E-state index in [0.29, 0.717) is 69.3 Å². The lowest BCUT2D eigenvalue weighted by atomic mass is 10.1. The van der Waals surface area contributed by atoms with Gasteiger partial charge in [-0.05, 0) is 24.5 Å². The molecule has 0 aliphatic carbocycles. The maximum atomic E-state index is 12.9. The van der Waals surface area contributed by atoms with Crippen LogP contribution in [0.1, 0.15) is 49.0 Å². The molecule has 1 aromatic carbocycles. The fourth-order valence-electron chi connectivity index (χ4n) is 3.53. The van der Waals surface area contributed by atoms with Gasteiger partial charge in [0.2, 0.25) is 11.8 Å². The van der Waals surface area contributed by atoms with Crippen LogP contribution < -0.4 is 0 Å². The summed E-state index contributed by atoms with van der Waals surface area (Å²) in [7, 11) is 0. The zero-order valence-corrected chi connectivity index (χ0v) is 17.1. The number of hydrogen-bond donors (Lipinski definition) is 0. The molecule has 1 aliphatic rings. The maximum Gasteiger partial charge on any atom is 0.416 e. The van der Waals surface area contributed by atoms with E-state index in [1.807, 2.05) is 11.8 Å². The quantitative estimate of drug-likeness (QED) is 0.647. The van der Waals surface area contributed by atoms with Gasteiger partial charge in [-0.25, -0.2) is 0 Å². The molecule has 1 saturated heterocycles. The zero-order valence-electron chi connectivity index (χ0n) is 17.1. The molecule has 0 atom stereocenters. The monoisotopic (exact) mass is 424 g/mol. The topological polar surface area (TPSA) is 62.5 Å². The number of carbonyl (C=O) groups excluding carboxylic acids is 1. The third kappa shape index (κ3) is 6.29. The summed E-state index contributed by atoms with van der Waals surface area (Å²) in [6.45, 7) is 4.95. The second-order valence-corrected chi connectivity index (χ2v) is 7.56. The van der Waals surface area contributed by atoms with Crippen molar-refractivity contribution in [2.24, 2.45) is 0 Å². The van der Waals surface area contributed by atoms with Crippen LogP contribution in [0.4, 0.5) is 13.2 Å². The Morgan fingerprint density at radius 2 is 1.93 bits per heavy atom. The number of hydrogen-bond acceptors (Lipinski definition) is 5. The van der Waals surface area contributed by atoms with Crippen LogP contribution >= 0.6 is 0 Å². The van der Waals surface area contributed by atoms with Crippen LogP contribution in [0.2, 0.25) is 0 Å². The van der Waals surface area contributed by atoms with Crippen LogP contribution in [0.15, 0.2) is 28.8 Å². The summed E-state index contributed by atoms with van der Waals surface area (Å²) in [6.07, 6.45) is -0.946. The molecule has 0 radical (unpaired) electrons. The minimum Gasteiger partial charge on any atom is -0.340 e. The molecule has 6 nitrogen and oxygen atoms in total. The molecule has 1 aliphatic heterocycles. The van der Waals surface area contributed by atoms with Crippen LogP contribution in [-0.2, 0) is 30.4 Å². The fraction of sp³-hybridized carbons (Fsp3) is 0.571. The van der Waals surface area contributed by atoms with Gasteiger partial charge in [-0.1, -0.05) is 30.3 Å². The summed E-state index contributed by atoms with van der Waals surface area (Å²) in [5.74, 6) is 1.36. The van der Waals surface area contributed by atoms with E-state index >= 15 is 0 Å². The summed E-state index contributed by atoms with van der Waals surface area (Å²) in [5, 5.41) is 3.91. The predicted octanol–water partition coefficient (Wildman–Crippen LogP) is 3.71.